The van der Waals surface area contributed by atoms with Crippen LogP contribution in [-0.4, -0.2) is 56.8 Å². The van der Waals surface area contributed by atoms with E-state index < -0.39 is 6.04 Å². The molecule has 1 amide bonds. The predicted molar refractivity (Wildman–Crippen MR) is 84.8 cm³/mol. The number of carbonyl (C=O) groups is 1. The summed E-state index contributed by atoms with van der Waals surface area (Å²) in [5.74, 6) is 0.691. The lowest BCUT2D eigenvalue weighted by Gasteiger charge is -2.35. The van der Waals surface area contributed by atoms with Crippen molar-refractivity contribution in [2.45, 2.75) is 19.0 Å². The molecule has 0 aromatic heterocycles. The van der Waals surface area contributed by atoms with Gasteiger partial charge in [-0.15, -0.1) is 0 Å². The Labute approximate surface area is 131 Å². The highest BCUT2D eigenvalue weighted by atomic mass is 16.5. The molecule has 22 heavy (non-hydrogen) atoms. The molecule has 3 N–H and O–H groups in total. The second kappa shape index (κ2) is 8.12. The van der Waals surface area contributed by atoms with Gasteiger partial charge in [0.1, 0.15) is 5.75 Å². The first-order valence-corrected chi connectivity index (χ1v) is 7.61. The number of methoxy groups -OCH3 is 1. The van der Waals surface area contributed by atoms with Crippen LogP contribution in [0.4, 0.5) is 0 Å². The van der Waals surface area contributed by atoms with Gasteiger partial charge in [-0.3, -0.25) is 9.69 Å². The first-order valence-electron chi connectivity index (χ1n) is 7.61. The van der Waals surface area contributed by atoms with Crippen molar-refractivity contribution >= 4 is 5.91 Å². The van der Waals surface area contributed by atoms with E-state index in [4.69, 9.17) is 15.2 Å². The molecular formula is C16H25N3O3. The monoisotopic (exact) mass is 307 g/mol. The Morgan fingerprint density at radius 2 is 2.00 bits per heavy atom. The van der Waals surface area contributed by atoms with Crippen LogP contribution in [-0.2, 0) is 9.53 Å². The molecule has 6 nitrogen and oxygen atoms in total. The van der Waals surface area contributed by atoms with Crippen LogP contribution >= 0.6 is 0 Å². The van der Waals surface area contributed by atoms with Crippen LogP contribution in [0.3, 0.4) is 0 Å². The van der Waals surface area contributed by atoms with E-state index in [0.717, 1.165) is 24.4 Å². The molecule has 1 aromatic rings. The van der Waals surface area contributed by atoms with Gasteiger partial charge in [-0.05, 0) is 24.6 Å². The Morgan fingerprint density at radius 3 is 2.55 bits per heavy atom. The van der Waals surface area contributed by atoms with Crippen molar-refractivity contribution in [3.05, 3.63) is 29.8 Å². The average molecular weight is 307 g/mol. The molecule has 1 saturated heterocycles. The van der Waals surface area contributed by atoms with Crippen LogP contribution in [0.25, 0.3) is 0 Å². The zero-order valence-corrected chi connectivity index (χ0v) is 13.2. The SMILES string of the molecule is COc1ccc(C(CNC(=O)[C@@H](C)N)N2CCOCC2)cc1. The number of hydrogen-bond acceptors (Lipinski definition) is 5. The molecule has 0 aliphatic carbocycles. The number of morpholine rings is 1. The molecule has 0 radical (unpaired) electrons. The summed E-state index contributed by atoms with van der Waals surface area (Å²) in [6.45, 7) is 5.36. The number of carbonyl (C=O) groups excluding carboxylic acids is 1. The Morgan fingerprint density at radius 1 is 1.36 bits per heavy atom. The first kappa shape index (κ1) is 16.7. The van der Waals surface area contributed by atoms with Gasteiger partial charge in [0, 0.05) is 19.6 Å². The zero-order chi connectivity index (χ0) is 15.9. The van der Waals surface area contributed by atoms with Gasteiger partial charge in [0.05, 0.1) is 32.4 Å². The minimum absolute atomic E-state index is 0.109. The van der Waals surface area contributed by atoms with Gasteiger partial charge < -0.3 is 20.5 Å². The van der Waals surface area contributed by atoms with Gasteiger partial charge in [0.2, 0.25) is 5.91 Å². The van der Waals surface area contributed by atoms with Crippen molar-refractivity contribution in [3.8, 4) is 5.75 Å². The van der Waals surface area contributed by atoms with Gasteiger partial charge in [0.25, 0.3) is 0 Å². The third-order valence-corrected chi connectivity index (χ3v) is 3.87. The van der Waals surface area contributed by atoms with Crippen molar-refractivity contribution in [2.24, 2.45) is 5.73 Å². The predicted octanol–water partition coefficient (Wildman–Crippen LogP) is 0.532. The molecule has 0 saturated carbocycles. The second-order valence-corrected chi connectivity index (χ2v) is 5.47. The van der Waals surface area contributed by atoms with Gasteiger partial charge in [-0.1, -0.05) is 12.1 Å². The summed E-state index contributed by atoms with van der Waals surface area (Å²) in [4.78, 5) is 14.1. The molecule has 122 valence electrons. The third-order valence-electron chi connectivity index (χ3n) is 3.87. The number of ether oxygens (including phenoxy) is 2. The molecule has 1 heterocycles. The van der Waals surface area contributed by atoms with E-state index in [9.17, 15) is 4.79 Å². The van der Waals surface area contributed by atoms with Gasteiger partial charge >= 0.3 is 0 Å². The van der Waals surface area contributed by atoms with Crippen LogP contribution in [0.5, 0.6) is 5.75 Å². The normalized spacial score (nSPS) is 18.5. The number of nitrogens with zero attached hydrogens (tertiary/aromatic N) is 1. The van der Waals surface area contributed by atoms with Crippen LogP contribution in [0.2, 0.25) is 0 Å². The zero-order valence-electron chi connectivity index (χ0n) is 13.2. The largest absolute Gasteiger partial charge is 0.497 e. The summed E-state index contributed by atoms with van der Waals surface area (Å²) in [7, 11) is 1.65. The summed E-state index contributed by atoms with van der Waals surface area (Å²) in [6.07, 6.45) is 0. The minimum Gasteiger partial charge on any atom is -0.497 e. The maximum Gasteiger partial charge on any atom is 0.236 e. The van der Waals surface area contributed by atoms with Crippen molar-refractivity contribution in [1.82, 2.24) is 10.2 Å². The van der Waals surface area contributed by atoms with Crippen molar-refractivity contribution in [2.75, 3.05) is 40.0 Å². The standard InChI is InChI=1S/C16H25N3O3/c1-12(17)16(20)18-11-15(19-7-9-22-10-8-19)13-3-5-14(21-2)6-4-13/h3-6,12,15H,7-11,17H2,1-2H3,(H,18,20)/t12-,15?/m1/s1. The third kappa shape index (κ3) is 4.43. The fourth-order valence-corrected chi connectivity index (χ4v) is 2.53. The van der Waals surface area contributed by atoms with E-state index >= 15 is 0 Å². The van der Waals surface area contributed by atoms with E-state index in [-0.39, 0.29) is 11.9 Å². The Balaban J connectivity index is 2.10. The topological polar surface area (TPSA) is 76.8 Å². The maximum absolute atomic E-state index is 11.8. The van der Waals surface area contributed by atoms with Crippen molar-refractivity contribution in [3.63, 3.8) is 0 Å². The summed E-state index contributed by atoms with van der Waals surface area (Å²) in [5.41, 5.74) is 6.76. The number of nitrogens with one attached hydrogen (secondary N) is 1. The second-order valence-electron chi connectivity index (χ2n) is 5.47. The first-order chi connectivity index (χ1) is 10.6. The minimum atomic E-state index is -0.499. The number of benzene rings is 1. The molecule has 6 heteroatoms. The number of rotatable bonds is 6. The quantitative estimate of drug-likeness (QED) is 0.802. The smallest absolute Gasteiger partial charge is 0.236 e. The lowest BCUT2D eigenvalue weighted by atomic mass is 10.0. The highest BCUT2D eigenvalue weighted by Crippen LogP contribution is 2.23. The summed E-state index contributed by atoms with van der Waals surface area (Å²) in [6, 6.07) is 7.57. The molecular weight excluding hydrogens is 282 g/mol. The summed E-state index contributed by atoms with van der Waals surface area (Å²) in [5, 5.41) is 2.93. The molecule has 0 spiro atoms. The number of hydrogen-bond donors (Lipinski definition) is 2. The van der Waals surface area contributed by atoms with E-state index in [0.29, 0.717) is 19.8 Å². The van der Waals surface area contributed by atoms with Crippen LogP contribution in [0, 0.1) is 0 Å². The molecule has 1 aliphatic heterocycles. The Hall–Kier alpha value is -1.63. The number of amides is 1. The average Bonchev–Trinajstić information content (AvgIpc) is 2.56. The molecule has 1 unspecified atom stereocenters. The van der Waals surface area contributed by atoms with Crippen molar-refractivity contribution in [1.29, 1.82) is 0 Å². The highest BCUT2D eigenvalue weighted by Gasteiger charge is 2.23. The molecule has 2 rings (SSSR count). The van der Waals surface area contributed by atoms with Gasteiger partial charge in [-0.2, -0.15) is 0 Å². The number of nitrogens with two attached hydrogens (primary N) is 1. The molecule has 1 aromatic carbocycles. The summed E-state index contributed by atoms with van der Waals surface area (Å²) >= 11 is 0. The molecule has 1 aliphatic rings. The maximum atomic E-state index is 11.8. The van der Waals surface area contributed by atoms with E-state index in [1.807, 2.05) is 24.3 Å². The van der Waals surface area contributed by atoms with Gasteiger partial charge in [-0.25, -0.2) is 0 Å². The molecule has 2 atom stereocenters. The lowest BCUT2D eigenvalue weighted by molar-refractivity contribution is -0.122. The van der Waals surface area contributed by atoms with E-state index in [2.05, 4.69) is 10.2 Å². The highest BCUT2D eigenvalue weighted by molar-refractivity contribution is 5.80. The van der Waals surface area contributed by atoms with Gasteiger partial charge in [0.15, 0.2) is 0 Å². The van der Waals surface area contributed by atoms with Crippen molar-refractivity contribution < 1.29 is 14.3 Å². The fourth-order valence-electron chi connectivity index (χ4n) is 2.53. The van der Waals surface area contributed by atoms with E-state index in [1.165, 1.54) is 0 Å². The van der Waals surface area contributed by atoms with Crippen LogP contribution in [0.1, 0.15) is 18.5 Å². The summed E-state index contributed by atoms with van der Waals surface area (Å²) < 4.78 is 10.6. The molecule has 0 bridgehead atoms. The van der Waals surface area contributed by atoms with Crippen LogP contribution in [0.15, 0.2) is 24.3 Å². The van der Waals surface area contributed by atoms with E-state index in [1.54, 1.807) is 14.0 Å². The molecule has 1 fully saturated rings. The Bertz CT molecular complexity index is 470. The Kier molecular flexibility index (Phi) is 6.18. The fraction of sp³-hybridized carbons (Fsp3) is 0.562. The van der Waals surface area contributed by atoms with Crippen LogP contribution < -0.4 is 15.8 Å². The lowest BCUT2D eigenvalue weighted by Crippen LogP contribution is -2.46.